The lowest BCUT2D eigenvalue weighted by Crippen LogP contribution is -2.35. The van der Waals surface area contributed by atoms with Crippen LogP contribution >= 0.6 is 0 Å². The summed E-state index contributed by atoms with van der Waals surface area (Å²) in [7, 11) is 1.70. The van der Waals surface area contributed by atoms with Crippen LogP contribution in [0.4, 0.5) is 32.2 Å². The lowest BCUT2D eigenvalue weighted by Gasteiger charge is -2.23. The van der Waals surface area contributed by atoms with Crippen molar-refractivity contribution in [1.29, 1.82) is 0 Å². The van der Waals surface area contributed by atoms with Crippen LogP contribution in [0.5, 0.6) is 0 Å². The topological polar surface area (TPSA) is 124 Å². The molecule has 4 N–H and O–H groups in total. The van der Waals surface area contributed by atoms with Crippen molar-refractivity contribution in [3.05, 3.63) is 93.6 Å². The number of nitrogens with two attached hydrogens (primary N) is 1. The van der Waals surface area contributed by atoms with E-state index >= 15 is 8.78 Å². The van der Waals surface area contributed by atoms with Crippen LogP contribution in [0.25, 0.3) is 22.0 Å². The molecule has 15 heteroatoms. The Labute approximate surface area is 301 Å². The molecule has 2 atom stereocenters. The predicted molar refractivity (Wildman–Crippen MR) is 186 cm³/mol. The lowest BCUT2D eigenvalue weighted by atomic mass is 9.93. The molecule has 3 aromatic heterocycles. The number of nitrogens with one attached hydrogen (secondary N) is 1. The van der Waals surface area contributed by atoms with Crippen LogP contribution in [-0.2, 0) is 37.2 Å². The van der Waals surface area contributed by atoms with E-state index in [9.17, 15) is 27.5 Å². The van der Waals surface area contributed by atoms with Crippen molar-refractivity contribution in [3.8, 4) is 23.0 Å². The molecular weight excluding hydrogens is 700 g/mol. The van der Waals surface area contributed by atoms with Gasteiger partial charge in [-0.3, -0.25) is 14.2 Å². The van der Waals surface area contributed by atoms with Gasteiger partial charge in [0.15, 0.2) is 5.82 Å². The summed E-state index contributed by atoms with van der Waals surface area (Å²) in [6.07, 6.45) is -3.71. The second kappa shape index (κ2) is 13.9. The van der Waals surface area contributed by atoms with E-state index in [4.69, 9.17) is 10.7 Å². The molecule has 3 heterocycles. The minimum absolute atomic E-state index is 0.0125. The number of amides is 1. The highest BCUT2D eigenvalue weighted by Crippen LogP contribution is 2.49. The third-order valence-corrected chi connectivity index (χ3v) is 9.32. The zero-order valence-corrected chi connectivity index (χ0v) is 29.5. The Morgan fingerprint density at radius 1 is 1.09 bits per heavy atom. The van der Waals surface area contributed by atoms with Crippen LogP contribution in [0.1, 0.15) is 79.1 Å². The number of hydrogen-bond donors (Lipinski definition) is 3. The number of nitrogen functional groups attached to an aromatic ring is 1. The summed E-state index contributed by atoms with van der Waals surface area (Å²) in [5, 5.41) is 21.8. The van der Waals surface area contributed by atoms with Crippen molar-refractivity contribution in [3.63, 3.8) is 0 Å². The van der Waals surface area contributed by atoms with Gasteiger partial charge in [-0.05, 0) is 81.3 Å². The molecule has 0 spiro atoms. The van der Waals surface area contributed by atoms with Gasteiger partial charge in [0.05, 0.1) is 17.3 Å². The largest absolute Gasteiger partial charge is 0.382 e. The average Bonchev–Trinajstić information content (AvgIpc) is 3.67. The fourth-order valence-electron chi connectivity index (χ4n) is 6.99. The van der Waals surface area contributed by atoms with Crippen molar-refractivity contribution < 1.29 is 36.2 Å². The van der Waals surface area contributed by atoms with Gasteiger partial charge in [0.2, 0.25) is 5.91 Å². The molecular formula is C38H37F6N7O2. The molecule has 53 heavy (non-hydrogen) atoms. The zero-order chi connectivity index (χ0) is 38.6. The standard InChI is InChI=1S/C38H37F6N7O2/c1-6-21-16-27-32(35(41)42)48-51(34(27)38(21,43)44)18-29(52)47-28(15-20-13-22(39)17-23(40)14-20)31-25(10-8-24(46-31)11-12-37(3,4)53)26-9-7-19(2)30-33(26)50(5)49-36(30)45/h7-10,13-14,17,21,28,35,53H,6,15-16,18H2,1-5H3,(H2,45,49)(H,47,52). The second-order valence-corrected chi connectivity index (χ2v) is 13.8. The number of pyridine rings is 1. The van der Waals surface area contributed by atoms with Gasteiger partial charge in [0, 0.05) is 41.1 Å². The smallest absolute Gasteiger partial charge is 0.292 e. The van der Waals surface area contributed by atoms with Crippen LogP contribution < -0.4 is 11.1 Å². The molecule has 1 aliphatic rings. The summed E-state index contributed by atoms with van der Waals surface area (Å²) in [5.74, 6) is -1.68. The Morgan fingerprint density at radius 2 is 1.77 bits per heavy atom. The van der Waals surface area contributed by atoms with Crippen LogP contribution in [0.15, 0.2) is 42.5 Å². The zero-order valence-electron chi connectivity index (χ0n) is 29.5. The van der Waals surface area contributed by atoms with Gasteiger partial charge in [0.25, 0.3) is 12.3 Å². The van der Waals surface area contributed by atoms with Crippen molar-refractivity contribution in [2.24, 2.45) is 13.0 Å². The number of rotatable bonds is 9. The van der Waals surface area contributed by atoms with E-state index in [1.54, 1.807) is 29.9 Å². The van der Waals surface area contributed by atoms with Crippen molar-refractivity contribution >= 4 is 22.6 Å². The summed E-state index contributed by atoms with van der Waals surface area (Å²) < 4.78 is 90.3. The Balaban J connectivity index is 1.51. The van der Waals surface area contributed by atoms with Gasteiger partial charge in [-0.2, -0.15) is 19.0 Å². The molecule has 6 rings (SSSR count). The second-order valence-electron chi connectivity index (χ2n) is 13.8. The Bertz CT molecular complexity index is 2280. The van der Waals surface area contributed by atoms with E-state index in [1.165, 1.54) is 20.8 Å². The molecule has 0 radical (unpaired) electrons. The molecule has 5 aromatic rings. The highest BCUT2D eigenvalue weighted by atomic mass is 19.3. The monoisotopic (exact) mass is 737 g/mol. The first-order chi connectivity index (χ1) is 24.9. The van der Waals surface area contributed by atoms with E-state index in [0.717, 1.165) is 17.7 Å². The minimum atomic E-state index is -3.52. The van der Waals surface area contributed by atoms with Crippen LogP contribution in [-0.4, -0.2) is 41.2 Å². The number of hydrogen-bond acceptors (Lipinski definition) is 6. The molecule has 278 valence electrons. The van der Waals surface area contributed by atoms with E-state index in [-0.39, 0.29) is 47.6 Å². The van der Waals surface area contributed by atoms with Crippen molar-refractivity contribution in [2.75, 3.05) is 5.73 Å². The normalized spacial score (nSPS) is 15.8. The summed E-state index contributed by atoms with van der Waals surface area (Å²) >= 11 is 0. The number of alkyl halides is 4. The highest BCUT2D eigenvalue weighted by Gasteiger charge is 2.52. The number of halogens is 6. The van der Waals surface area contributed by atoms with Gasteiger partial charge in [-0.1, -0.05) is 25.0 Å². The first-order valence-electron chi connectivity index (χ1n) is 16.9. The fraction of sp³-hybridized carbons (Fsp3) is 0.368. The average molecular weight is 738 g/mol. The van der Waals surface area contributed by atoms with E-state index < -0.39 is 65.4 Å². The summed E-state index contributed by atoms with van der Waals surface area (Å²) in [6.45, 7) is 5.48. The van der Waals surface area contributed by atoms with Gasteiger partial charge >= 0.3 is 0 Å². The van der Waals surface area contributed by atoms with Gasteiger partial charge < -0.3 is 16.2 Å². The third-order valence-electron chi connectivity index (χ3n) is 9.32. The van der Waals surface area contributed by atoms with Crippen LogP contribution in [0.3, 0.4) is 0 Å². The molecule has 2 aromatic carbocycles. The van der Waals surface area contributed by atoms with E-state index in [0.29, 0.717) is 32.8 Å². The lowest BCUT2D eigenvalue weighted by molar-refractivity contribution is -0.123. The SMILES string of the molecule is CCC1Cc2c(C(F)F)nn(CC(=O)NC(Cc3cc(F)cc(F)c3)c3nc(C#CC(C)(C)O)ccc3-c3ccc(C)c4c(N)nn(C)c34)c2C1(F)F. The van der Waals surface area contributed by atoms with Crippen molar-refractivity contribution in [1.82, 2.24) is 29.9 Å². The van der Waals surface area contributed by atoms with Gasteiger partial charge in [0.1, 0.15) is 40.9 Å². The Hall–Kier alpha value is -5.36. The first-order valence-corrected chi connectivity index (χ1v) is 16.9. The minimum Gasteiger partial charge on any atom is -0.382 e. The predicted octanol–water partition coefficient (Wildman–Crippen LogP) is 6.83. The maximum Gasteiger partial charge on any atom is 0.292 e. The fourth-order valence-corrected chi connectivity index (χ4v) is 6.99. The number of anilines is 1. The van der Waals surface area contributed by atoms with Crippen LogP contribution in [0, 0.1) is 36.3 Å². The Morgan fingerprint density at radius 3 is 2.42 bits per heavy atom. The molecule has 0 saturated heterocycles. The summed E-state index contributed by atoms with van der Waals surface area (Å²) in [6, 6.07) is 8.52. The Kier molecular flexibility index (Phi) is 9.80. The number of aliphatic hydroxyl groups is 1. The maximum absolute atomic E-state index is 15.5. The number of aromatic nitrogens is 5. The third kappa shape index (κ3) is 7.33. The number of nitrogens with zero attached hydrogens (tertiary/aromatic N) is 5. The maximum atomic E-state index is 15.5. The molecule has 0 fully saturated rings. The van der Waals surface area contributed by atoms with E-state index in [2.05, 4.69) is 27.4 Å². The number of carbonyl (C=O) groups excluding carboxylic acids is 1. The molecule has 0 saturated carbocycles. The number of carbonyl (C=O) groups is 1. The number of fused-ring (bicyclic) bond motifs is 2. The molecule has 1 aliphatic carbocycles. The molecule has 0 bridgehead atoms. The highest BCUT2D eigenvalue weighted by molar-refractivity contribution is 6.02. The van der Waals surface area contributed by atoms with E-state index in [1.807, 2.05) is 13.0 Å². The summed E-state index contributed by atoms with van der Waals surface area (Å²) in [5.41, 5.74) is 5.93. The summed E-state index contributed by atoms with van der Waals surface area (Å²) in [4.78, 5) is 18.7. The first kappa shape index (κ1) is 37.4. The van der Waals surface area contributed by atoms with Crippen LogP contribution in [0.2, 0.25) is 0 Å². The van der Waals surface area contributed by atoms with Crippen molar-refractivity contribution in [2.45, 2.75) is 77.5 Å². The molecule has 0 aliphatic heterocycles. The molecule has 9 nitrogen and oxygen atoms in total. The number of aryl methyl sites for hydroxylation is 2. The van der Waals surface area contributed by atoms with Gasteiger partial charge in [-0.15, -0.1) is 0 Å². The number of benzene rings is 2. The van der Waals surface area contributed by atoms with Gasteiger partial charge in [-0.25, -0.2) is 22.5 Å². The quantitative estimate of drug-likeness (QED) is 0.113. The molecule has 2 unspecified atom stereocenters. The molecule has 1 amide bonds.